The number of rotatable bonds is 0. The maximum absolute atomic E-state index is 2.99. The van der Waals surface area contributed by atoms with Gasteiger partial charge in [0, 0.05) is 0 Å². The summed E-state index contributed by atoms with van der Waals surface area (Å²) in [6.45, 7) is 3.66. The SMILES string of the molecule is CC#C[C]1[CH][CH][CH][C]1C#CC. The molecule has 0 unspecified atom stereocenters. The molecule has 1 fully saturated rings. The van der Waals surface area contributed by atoms with Crippen molar-refractivity contribution in [2.75, 3.05) is 0 Å². The van der Waals surface area contributed by atoms with E-state index in [0.29, 0.717) is 0 Å². The first kappa shape index (κ1) is 8.22. The van der Waals surface area contributed by atoms with E-state index >= 15 is 0 Å². The first-order chi connectivity index (χ1) is 5.38. The van der Waals surface area contributed by atoms with Crippen LogP contribution >= 0.6 is 0 Å². The van der Waals surface area contributed by atoms with Gasteiger partial charge in [-0.05, 0) is 33.1 Å². The van der Waals surface area contributed by atoms with E-state index in [1.54, 1.807) is 0 Å². The second kappa shape index (κ2) is 4.09. The molecule has 1 saturated carbocycles. The van der Waals surface area contributed by atoms with Crippen molar-refractivity contribution in [1.29, 1.82) is 0 Å². The summed E-state index contributed by atoms with van der Waals surface area (Å²) in [5, 5.41) is 0. The predicted octanol–water partition coefficient (Wildman–Crippen LogP) is 1.81. The molecule has 0 nitrogen and oxygen atoms in total. The average molecular weight is 141 g/mol. The minimum absolute atomic E-state index is 1.03. The zero-order valence-corrected chi connectivity index (χ0v) is 6.73. The highest BCUT2D eigenvalue weighted by Gasteiger charge is 2.26. The molecule has 0 aromatic rings. The summed E-state index contributed by atoms with van der Waals surface area (Å²) in [4.78, 5) is 0. The monoisotopic (exact) mass is 141 g/mol. The van der Waals surface area contributed by atoms with Gasteiger partial charge >= 0.3 is 0 Å². The van der Waals surface area contributed by atoms with E-state index in [0.717, 1.165) is 11.8 Å². The molecule has 0 aromatic heterocycles. The molecule has 0 spiro atoms. The lowest BCUT2D eigenvalue weighted by molar-refractivity contribution is 1.31. The lowest BCUT2D eigenvalue weighted by atomic mass is 9.97. The van der Waals surface area contributed by atoms with Gasteiger partial charge in [0.2, 0.25) is 0 Å². The Balaban J connectivity index is 2.60. The van der Waals surface area contributed by atoms with Crippen molar-refractivity contribution in [3.8, 4) is 23.7 Å². The highest BCUT2D eigenvalue weighted by Crippen LogP contribution is 2.31. The van der Waals surface area contributed by atoms with Crippen molar-refractivity contribution in [3.63, 3.8) is 0 Å². The molecular weight excluding hydrogens is 132 g/mol. The van der Waals surface area contributed by atoms with Crippen LogP contribution in [0.5, 0.6) is 0 Å². The number of hydrogen-bond donors (Lipinski definition) is 0. The van der Waals surface area contributed by atoms with Crippen molar-refractivity contribution in [2.45, 2.75) is 13.8 Å². The molecule has 0 bridgehead atoms. The fourth-order valence-electron chi connectivity index (χ4n) is 0.907. The van der Waals surface area contributed by atoms with Crippen molar-refractivity contribution in [3.05, 3.63) is 31.1 Å². The molecule has 53 valence electrons. The van der Waals surface area contributed by atoms with Crippen molar-refractivity contribution in [1.82, 2.24) is 0 Å². The van der Waals surface area contributed by atoms with Crippen LogP contribution in [0.1, 0.15) is 13.8 Å². The van der Waals surface area contributed by atoms with Gasteiger partial charge in [0.15, 0.2) is 0 Å². The van der Waals surface area contributed by atoms with Gasteiger partial charge in [0.1, 0.15) is 0 Å². The van der Waals surface area contributed by atoms with Gasteiger partial charge in [-0.25, -0.2) is 0 Å². The summed E-state index contributed by atoms with van der Waals surface area (Å²) in [7, 11) is 0. The molecule has 0 atom stereocenters. The second-order valence-corrected chi connectivity index (χ2v) is 2.10. The second-order valence-electron chi connectivity index (χ2n) is 2.10. The summed E-state index contributed by atoms with van der Waals surface area (Å²) in [6.07, 6.45) is 5.94. The molecule has 0 amide bonds. The first-order valence-electron chi connectivity index (χ1n) is 3.49. The Bertz CT molecular complexity index is 202. The van der Waals surface area contributed by atoms with Gasteiger partial charge in [-0.2, -0.15) is 0 Å². The smallest absolute Gasteiger partial charge is 0.0715 e. The number of hydrogen-bond acceptors (Lipinski definition) is 0. The third-order valence-electron chi connectivity index (χ3n) is 1.34. The van der Waals surface area contributed by atoms with Gasteiger partial charge in [-0.1, -0.05) is 11.8 Å². The first-order valence-corrected chi connectivity index (χ1v) is 3.49. The molecular formula is C11H9. The average Bonchev–Trinajstić information content (AvgIpc) is 2.39. The summed E-state index contributed by atoms with van der Waals surface area (Å²) in [5.41, 5.74) is 0. The normalized spacial score (nSPS) is 18.4. The van der Waals surface area contributed by atoms with Crippen LogP contribution in [-0.4, -0.2) is 0 Å². The molecule has 0 heterocycles. The lowest BCUT2D eigenvalue weighted by Crippen LogP contribution is -1.97. The highest BCUT2D eigenvalue weighted by molar-refractivity contribution is 5.60. The Morgan fingerprint density at radius 3 is 1.73 bits per heavy atom. The minimum atomic E-state index is 1.03. The molecule has 0 heteroatoms. The van der Waals surface area contributed by atoms with Gasteiger partial charge in [0.25, 0.3) is 0 Å². The zero-order chi connectivity index (χ0) is 8.10. The quantitative estimate of drug-likeness (QED) is 0.451. The maximum atomic E-state index is 2.99. The van der Waals surface area contributed by atoms with E-state index < -0.39 is 0 Å². The summed E-state index contributed by atoms with van der Waals surface area (Å²) < 4.78 is 0. The zero-order valence-electron chi connectivity index (χ0n) is 6.73. The Kier molecular flexibility index (Phi) is 3.06. The molecule has 0 aromatic carbocycles. The van der Waals surface area contributed by atoms with Crippen molar-refractivity contribution < 1.29 is 0 Å². The van der Waals surface area contributed by atoms with Crippen LogP contribution in [0.15, 0.2) is 0 Å². The van der Waals surface area contributed by atoms with E-state index in [2.05, 4.69) is 23.7 Å². The Morgan fingerprint density at radius 1 is 0.909 bits per heavy atom. The van der Waals surface area contributed by atoms with E-state index in [1.165, 1.54) is 0 Å². The third-order valence-corrected chi connectivity index (χ3v) is 1.34. The van der Waals surface area contributed by atoms with Crippen LogP contribution in [-0.2, 0) is 0 Å². The summed E-state index contributed by atoms with van der Waals surface area (Å²) in [5.74, 6) is 13.7. The molecule has 5 radical (unpaired) electrons. The topological polar surface area (TPSA) is 0 Å². The fraction of sp³-hybridized carbons (Fsp3) is 0.182. The van der Waals surface area contributed by atoms with Gasteiger partial charge in [-0.3, -0.25) is 0 Å². The predicted molar refractivity (Wildman–Crippen MR) is 46.3 cm³/mol. The van der Waals surface area contributed by atoms with Crippen LogP contribution in [0.25, 0.3) is 0 Å². The van der Waals surface area contributed by atoms with E-state index in [-0.39, 0.29) is 0 Å². The molecule has 0 N–H and O–H groups in total. The maximum Gasteiger partial charge on any atom is 0.0715 e. The molecule has 1 aliphatic carbocycles. The van der Waals surface area contributed by atoms with Crippen LogP contribution in [0.2, 0.25) is 0 Å². The fourth-order valence-corrected chi connectivity index (χ4v) is 0.907. The van der Waals surface area contributed by atoms with E-state index in [4.69, 9.17) is 0 Å². The molecule has 1 rings (SSSR count). The molecule has 0 aliphatic heterocycles. The minimum Gasteiger partial charge on any atom is -0.106 e. The lowest BCUT2D eigenvalue weighted by Gasteiger charge is -2.02. The molecule has 0 saturated heterocycles. The van der Waals surface area contributed by atoms with Gasteiger partial charge in [0.05, 0.1) is 11.8 Å². The summed E-state index contributed by atoms with van der Waals surface area (Å²) >= 11 is 0. The van der Waals surface area contributed by atoms with Gasteiger partial charge < -0.3 is 0 Å². The largest absolute Gasteiger partial charge is 0.106 e. The molecule has 11 heavy (non-hydrogen) atoms. The third kappa shape index (κ3) is 2.02. The van der Waals surface area contributed by atoms with Crippen LogP contribution < -0.4 is 0 Å². The standard InChI is InChI=1S/C11H9/c1-3-6-10-8-5-9-11(10)7-4-2/h5,8-9H,1-2H3. The van der Waals surface area contributed by atoms with Crippen LogP contribution in [0.3, 0.4) is 0 Å². The van der Waals surface area contributed by atoms with Crippen LogP contribution in [0.4, 0.5) is 0 Å². The van der Waals surface area contributed by atoms with E-state index in [1.807, 2.05) is 33.1 Å². The summed E-state index contributed by atoms with van der Waals surface area (Å²) in [6, 6.07) is 0. The highest BCUT2D eigenvalue weighted by atomic mass is 14.3. The Morgan fingerprint density at radius 2 is 1.36 bits per heavy atom. The van der Waals surface area contributed by atoms with Crippen molar-refractivity contribution >= 4 is 0 Å². The Hall–Kier alpha value is -0.880. The molecule has 1 aliphatic rings. The van der Waals surface area contributed by atoms with Crippen LogP contribution in [0, 0.1) is 54.8 Å². The van der Waals surface area contributed by atoms with Crippen molar-refractivity contribution in [2.24, 2.45) is 0 Å². The van der Waals surface area contributed by atoms with Gasteiger partial charge in [-0.15, -0.1) is 11.8 Å². The van der Waals surface area contributed by atoms with E-state index in [9.17, 15) is 0 Å². The Labute approximate surface area is 69.4 Å².